The number of nitrogens with zero attached hydrogens (tertiary/aromatic N) is 4. The Kier molecular flexibility index (Phi) is 3.44. The lowest BCUT2D eigenvalue weighted by Crippen LogP contribution is -2.15. The van der Waals surface area contributed by atoms with E-state index >= 15 is 0 Å². The second kappa shape index (κ2) is 5.20. The van der Waals surface area contributed by atoms with Gasteiger partial charge in [0, 0.05) is 23.8 Å². The minimum Gasteiger partial charge on any atom is -0.337 e. The zero-order chi connectivity index (χ0) is 12.1. The van der Waals surface area contributed by atoms with Crippen LogP contribution in [0.2, 0.25) is 0 Å². The maximum absolute atomic E-state index is 4.22. The normalized spacial score (nSPS) is 10.0. The number of rotatable bonds is 4. The Hall–Kier alpha value is -2.24. The summed E-state index contributed by atoms with van der Waals surface area (Å²) in [5.41, 5.74) is 1.85. The second-order valence-electron chi connectivity index (χ2n) is 3.57. The van der Waals surface area contributed by atoms with E-state index in [2.05, 4.69) is 30.6 Å². The Labute approximate surface area is 99.6 Å². The van der Waals surface area contributed by atoms with E-state index in [1.165, 1.54) is 0 Å². The van der Waals surface area contributed by atoms with Crippen molar-refractivity contribution in [3.63, 3.8) is 0 Å². The van der Waals surface area contributed by atoms with Crippen LogP contribution >= 0.6 is 0 Å². The summed E-state index contributed by atoms with van der Waals surface area (Å²) in [4.78, 5) is 16.6. The van der Waals surface area contributed by atoms with Crippen molar-refractivity contribution < 1.29 is 0 Å². The molecule has 2 rings (SSSR count). The molecule has 0 amide bonds. The zero-order valence-electron chi connectivity index (χ0n) is 9.81. The van der Waals surface area contributed by atoms with Gasteiger partial charge < -0.3 is 10.6 Å². The molecule has 0 unspecified atom stereocenters. The smallest absolute Gasteiger partial charge is 0.224 e. The Balaban J connectivity index is 1.87. The van der Waals surface area contributed by atoms with Crippen molar-refractivity contribution in [2.75, 3.05) is 17.3 Å². The molecule has 0 saturated carbocycles. The Morgan fingerprint density at radius 2 is 1.35 bits per heavy atom. The van der Waals surface area contributed by atoms with Crippen LogP contribution in [0.5, 0.6) is 0 Å². The van der Waals surface area contributed by atoms with E-state index in [1.807, 2.05) is 26.0 Å². The lowest BCUT2D eigenvalue weighted by Gasteiger charge is -2.07. The molecule has 2 aromatic rings. The molecule has 0 spiro atoms. The van der Waals surface area contributed by atoms with E-state index in [0.29, 0.717) is 18.6 Å². The Morgan fingerprint density at radius 3 is 1.76 bits per heavy atom. The predicted octanol–water partition coefficient (Wildman–Crippen LogP) is 1.36. The van der Waals surface area contributed by atoms with Gasteiger partial charge in [-0.15, -0.1) is 0 Å². The molecule has 0 aliphatic carbocycles. The molecule has 0 atom stereocenters. The molecule has 0 fully saturated rings. The van der Waals surface area contributed by atoms with E-state index in [4.69, 9.17) is 0 Å². The van der Waals surface area contributed by atoms with Gasteiger partial charge >= 0.3 is 0 Å². The molecule has 17 heavy (non-hydrogen) atoms. The van der Waals surface area contributed by atoms with Crippen LogP contribution in [-0.4, -0.2) is 26.6 Å². The summed E-state index contributed by atoms with van der Waals surface area (Å²) in [7, 11) is 0. The Bertz CT molecular complexity index is 453. The summed E-state index contributed by atoms with van der Waals surface area (Å²) >= 11 is 0. The molecule has 0 aromatic carbocycles. The van der Waals surface area contributed by atoms with Gasteiger partial charge in [0.15, 0.2) is 0 Å². The van der Waals surface area contributed by atoms with Gasteiger partial charge in [-0.1, -0.05) is 0 Å². The summed E-state index contributed by atoms with van der Waals surface area (Å²) in [5.74, 6) is 1.18. The SMILES string of the molecule is Cc1ccnc(NCNc2nccc(C)n2)n1. The molecule has 2 N–H and O–H groups in total. The van der Waals surface area contributed by atoms with E-state index in [9.17, 15) is 0 Å². The monoisotopic (exact) mass is 230 g/mol. The number of anilines is 2. The van der Waals surface area contributed by atoms with Gasteiger partial charge in [0.2, 0.25) is 11.9 Å². The molecule has 6 nitrogen and oxygen atoms in total. The molecular weight excluding hydrogens is 216 g/mol. The van der Waals surface area contributed by atoms with Crippen LogP contribution in [0.4, 0.5) is 11.9 Å². The topological polar surface area (TPSA) is 75.6 Å². The van der Waals surface area contributed by atoms with Crippen LogP contribution in [0.15, 0.2) is 24.5 Å². The molecule has 0 radical (unpaired) electrons. The first-order valence-electron chi connectivity index (χ1n) is 5.31. The van der Waals surface area contributed by atoms with E-state index in [-0.39, 0.29) is 0 Å². The summed E-state index contributed by atoms with van der Waals surface area (Å²) in [6.45, 7) is 4.32. The van der Waals surface area contributed by atoms with Crippen molar-refractivity contribution in [3.8, 4) is 0 Å². The van der Waals surface area contributed by atoms with E-state index < -0.39 is 0 Å². The summed E-state index contributed by atoms with van der Waals surface area (Å²) in [5, 5.41) is 6.08. The molecule has 6 heteroatoms. The molecule has 88 valence electrons. The van der Waals surface area contributed by atoms with Gasteiger partial charge in [0.05, 0.1) is 6.67 Å². The van der Waals surface area contributed by atoms with Crippen LogP contribution in [0.3, 0.4) is 0 Å². The maximum atomic E-state index is 4.22. The number of hydrogen-bond donors (Lipinski definition) is 2. The minimum atomic E-state index is 0.479. The average molecular weight is 230 g/mol. The summed E-state index contributed by atoms with van der Waals surface area (Å²) < 4.78 is 0. The fraction of sp³-hybridized carbons (Fsp3) is 0.273. The highest BCUT2D eigenvalue weighted by Gasteiger charge is 1.97. The van der Waals surface area contributed by atoms with Gasteiger partial charge in [0.25, 0.3) is 0 Å². The molecule has 0 aliphatic rings. The molecular formula is C11H14N6. The van der Waals surface area contributed by atoms with Crippen molar-refractivity contribution in [2.45, 2.75) is 13.8 Å². The first kappa shape index (κ1) is 11.3. The van der Waals surface area contributed by atoms with Gasteiger partial charge in [-0.2, -0.15) is 0 Å². The molecule has 0 aliphatic heterocycles. The van der Waals surface area contributed by atoms with Gasteiger partial charge in [-0.3, -0.25) is 0 Å². The molecule has 2 aromatic heterocycles. The zero-order valence-corrected chi connectivity index (χ0v) is 9.81. The minimum absolute atomic E-state index is 0.479. The largest absolute Gasteiger partial charge is 0.337 e. The fourth-order valence-corrected chi connectivity index (χ4v) is 1.27. The predicted molar refractivity (Wildman–Crippen MR) is 65.7 cm³/mol. The van der Waals surface area contributed by atoms with Crippen molar-refractivity contribution >= 4 is 11.9 Å². The highest BCUT2D eigenvalue weighted by molar-refractivity contribution is 5.30. The third kappa shape index (κ3) is 3.37. The van der Waals surface area contributed by atoms with Crippen molar-refractivity contribution in [2.24, 2.45) is 0 Å². The van der Waals surface area contributed by atoms with Gasteiger partial charge in [0.1, 0.15) is 0 Å². The molecule has 0 saturated heterocycles. The summed E-state index contributed by atoms with van der Waals surface area (Å²) in [6.07, 6.45) is 3.43. The van der Waals surface area contributed by atoms with Crippen LogP contribution in [-0.2, 0) is 0 Å². The lowest BCUT2D eigenvalue weighted by atomic mass is 10.5. The first-order chi connectivity index (χ1) is 8.24. The maximum Gasteiger partial charge on any atom is 0.224 e. The van der Waals surface area contributed by atoms with Crippen LogP contribution in [0, 0.1) is 13.8 Å². The van der Waals surface area contributed by atoms with Crippen molar-refractivity contribution in [3.05, 3.63) is 35.9 Å². The van der Waals surface area contributed by atoms with Crippen molar-refractivity contribution in [1.29, 1.82) is 0 Å². The summed E-state index contributed by atoms with van der Waals surface area (Å²) in [6, 6.07) is 3.70. The van der Waals surface area contributed by atoms with Crippen LogP contribution < -0.4 is 10.6 Å². The fourth-order valence-electron chi connectivity index (χ4n) is 1.27. The van der Waals surface area contributed by atoms with Gasteiger partial charge in [-0.05, 0) is 26.0 Å². The second-order valence-corrected chi connectivity index (χ2v) is 3.57. The first-order valence-corrected chi connectivity index (χ1v) is 5.31. The lowest BCUT2D eigenvalue weighted by molar-refractivity contribution is 1.02. The van der Waals surface area contributed by atoms with Gasteiger partial charge in [-0.25, -0.2) is 19.9 Å². The highest BCUT2D eigenvalue weighted by atomic mass is 15.2. The van der Waals surface area contributed by atoms with E-state index in [0.717, 1.165) is 11.4 Å². The van der Waals surface area contributed by atoms with E-state index in [1.54, 1.807) is 12.4 Å². The number of hydrogen-bond acceptors (Lipinski definition) is 6. The third-order valence-electron chi connectivity index (χ3n) is 2.08. The molecule has 2 heterocycles. The average Bonchev–Trinajstić information content (AvgIpc) is 2.29. The van der Waals surface area contributed by atoms with Crippen LogP contribution in [0.25, 0.3) is 0 Å². The number of aryl methyl sites for hydroxylation is 2. The number of aromatic nitrogens is 4. The number of nitrogens with one attached hydrogen (secondary N) is 2. The van der Waals surface area contributed by atoms with Crippen molar-refractivity contribution in [1.82, 2.24) is 19.9 Å². The van der Waals surface area contributed by atoms with Crippen LogP contribution in [0.1, 0.15) is 11.4 Å². The molecule has 0 bridgehead atoms. The quantitative estimate of drug-likeness (QED) is 0.772. The highest BCUT2D eigenvalue weighted by Crippen LogP contribution is 2.00. The third-order valence-corrected chi connectivity index (χ3v) is 2.08. The standard InChI is InChI=1S/C11H14N6/c1-8-3-5-12-10(16-8)14-7-15-11-13-6-4-9(2)17-11/h3-6H,7H2,1-2H3,(H,12,14,16)(H,13,15,17). The Morgan fingerprint density at radius 1 is 0.882 bits per heavy atom.